The van der Waals surface area contributed by atoms with E-state index < -0.39 is 10.0 Å². The maximum absolute atomic E-state index is 12.2. The minimum atomic E-state index is -3.54. The van der Waals surface area contributed by atoms with Crippen LogP contribution in [0.3, 0.4) is 0 Å². The first-order valence-electron chi connectivity index (χ1n) is 8.27. The number of unbranched alkanes of at least 4 members (excludes halogenated alkanes) is 1. The number of hydrogen-bond acceptors (Lipinski definition) is 3. The summed E-state index contributed by atoms with van der Waals surface area (Å²) in [4.78, 5) is 12.2. The maximum Gasteiger partial charge on any atom is 0.240 e. The largest absolute Gasteiger partial charge is 0.354 e. The van der Waals surface area contributed by atoms with E-state index in [0.29, 0.717) is 18.2 Å². The molecule has 0 saturated heterocycles. The highest BCUT2D eigenvalue weighted by molar-refractivity contribution is 9.10. The van der Waals surface area contributed by atoms with Gasteiger partial charge in [0.1, 0.15) is 6.54 Å². The Kier molecular flexibility index (Phi) is 8.76. The molecular formula is C17H27BrN2O3S. The minimum Gasteiger partial charge on any atom is -0.354 e. The topological polar surface area (TPSA) is 66.5 Å². The van der Waals surface area contributed by atoms with Crippen molar-refractivity contribution in [1.29, 1.82) is 0 Å². The van der Waals surface area contributed by atoms with Crippen LogP contribution in [0.1, 0.15) is 39.5 Å². The van der Waals surface area contributed by atoms with E-state index in [2.05, 4.69) is 35.1 Å². The van der Waals surface area contributed by atoms with Crippen molar-refractivity contribution in [1.82, 2.24) is 5.32 Å². The van der Waals surface area contributed by atoms with Crippen LogP contribution in [-0.4, -0.2) is 33.7 Å². The summed E-state index contributed by atoms with van der Waals surface area (Å²) in [7, 11) is -3.54. The van der Waals surface area contributed by atoms with E-state index in [1.54, 1.807) is 18.2 Å². The smallest absolute Gasteiger partial charge is 0.240 e. The van der Waals surface area contributed by atoms with E-state index >= 15 is 0 Å². The Morgan fingerprint density at radius 1 is 1.33 bits per heavy atom. The lowest BCUT2D eigenvalue weighted by molar-refractivity contribution is -0.119. The normalized spacial score (nSPS) is 12.7. The monoisotopic (exact) mass is 418 g/mol. The average molecular weight is 419 g/mol. The van der Waals surface area contributed by atoms with Crippen LogP contribution in [0.4, 0.5) is 5.69 Å². The van der Waals surface area contributed by atoms with Gasteiger partial charge in [0.15, 0.2) is 0 Å². The number of anilines is 1. The lowest BCUT2D eigenvalue weighted by Crippen LogP contribution is -2.41. The van der Waals surface area contributed by atoms with E-state index in [-0.39, 0.29) is 12.5 Å². The summed E-state index contributed by atoms with van der Waals surface area (Å²) in [5, 5.41) is 2.87. The van der Waals surface area contributed by atoms with Gasteiger partial charge in [-0.3, -0.25) is 9.10 Å². The number of hydrogen-bond donors (Lipinski definition) is 1. The molecule has 1 amide bonds. The molecule has 7 heteroatoms. The molecule has 0 radical (unpaired) electrons. The summed E-state index contributed by atoms with van der Waals surface area (Å²) >= 11 is 3.32. The number of nitrogens with one attached hydrogen (secondary N) is 1. The molecule has 0 aliphatic rings. The van der Waals surface area contributed by atoms with Gasteiger partial charge in [0.05, 0.1) is 11.9 Å². The van der Waals surface area contributed by atoms with Crippen LogP contribution in [0.5, 0.6) is 0 Å². The predicted octanol–water partition coefficient (Wildman–Crippen LogP) is 3.55. The van der Waals surface area contributed by atoms with Crippen LogP contribution >= 0.6 is 15.9 Å². The molecule has 136 valence electrons. The molecule has 0 aliphatic heterocycles. The van der Waals surface area contributed by atoms with Crippen molar-refractivity contribution in [2.45, 2.75) is 39.5 Å². The Hall–Kier alpha value is -1.08. The highest BCUT2D eigenvalue weighted by Crippen LogP contribution is 2.22. The van der Waals surface area contributed by atoms with Gasteiger partial charge in [-0.1, -0.05) is 55.1 Å². The van der Waals surface area contributed by atoms with Crippen LogP contribution in [0.25, 0.3) is 0 Å². The van der Waals surface area contributed by atoms with Gasteiger partial charge < -0.3 is 5.32 Å². The van der Waals surface area contributed by atoms with Crippen LogP contribution in [-0.2, 0) is 14.8 Å². The van der Waals surface area contributed by atoms with Crippen molar-refractivity contribution in [3.63, 3.8) is 0 Å². The first kappa shape index (κ1) is 21.0. The third-order valence-electron chi connectivity index (χ3n) is 3.91. The molecule has 1 rings (SSSR count). The van der Waals surface area contributed by atoms with Crippen LogP contribution < -0.4 is 9.62 Å². The number of rotatable bonds is 10. The van der Waals surface area contributed by atoms with Gasteiger partial charge in [0, 0.05) is 11.0 Å². The quantitative estimate of drug-likeness (QED) is 0.631. The first-order valence-corrected chi connectivity index (χ1v) is 10.9. The lowest BCUT2D eigenvalue weighted by atomic mass is 9.99. The second kappa shape index (κ2) is 10.0. The number of halogens is 1. The average Bonchev–Trinajstić information content (AvgIpc) is 2.51. The SMILES string of the molecule is CCCC[C@H](CC)CNC(=O)CN(c1cccc(Br)c1)S(C)(=O)=O. The second-order valence-corrected chi connectivity index (χ2v) is 8.79. The zero-order chi connectivity index (χ0) is 18.2. The molecule has 5 nitrogen and oxygen atoms in total. The molecule has 1 aromatic carbocycles. The number of carbonyl (C=O) groups excluding carboxylic acids is 1. The number of sulfonamides is 1. The summed E-state index contributed by atoms with van der Waals surface area (Å²) in [5.41, 5.74) is 0.472. The summed E-state index contributed by atoms with van der Waals surface area (Å²) < 4.78 is 26.0. The summed E-state index contributed by atoms with van der Waals surface area (Å²) in [6.45, 7) is 4.63. The molecule has 0 spiro atoms. The standard InChI is InChI=1S/C17H27BrN2O3S/c1-4-6-8-14(5-2)12-19-17(21)13-20(24(3,22)23)16-10-7-9-15(18)11-16/h7,9-11,14H,4-6,8,12-13H2,1-3H3,(H,19,21)/t14-/m0/s1. The first-order chi connectivity index (χ1) is 11.3. The van der Waals surface area contributed by atoms with Gasteiger partial charge in [-0.25, -0.2) is 8.42 Å². The number of nitrogens with zero attached hydrogens (tertiary/aromatic N) is 1. The van der Waals surface area contributed by atoms with Gasteiger partial charge in [0.2, 0.25) is 15.9 Å². The molecule has 0 fully saturated rings. The Morgan fingerprint density at radius 3 is 2.58 bits per heavy atom. The highest BCUT2D eigenvalue weighted by Gasteiger charge is 2.21. The van der Waals surface area contributed by atoms with Gasteiger partial charge in [-0.05, 0) is 30.5 Å². The molecule has 0 aliphatic carbocycles. The minimum absolute atomic E-state index is 0.209. The van der Waals surface area contributed by atoms with E-state index in [0.717, 1.165) is 40.7 Å². The zero-order valence-corrected chi connectivity index (χ0v) is 17.0. The Balaban J connectivity index is 2.72. The molecule has 1 atom stereocenters. The van der Waals surface area contributed by atoms with Gasteiger partial charge in [-0.15, -0.1) is 0 Å². The van der Waals surface area contributed by atoms with E-state index in [9.17, 15) is 13.2 Å². The maximum atomic E-state index is 12.2. The van der Waals surface area contributed by atoms with Crippen LogP contribution in [0.2, 0.25) is 0 Å². The van der Waals surface area contributed by atoms with Crippen molar-refractivity contribution < 1.29 is 13.2 Å². The Morgan fingerprint density at radius 2 is 2.04 bits per heavy atom. The molecule has 0 aromatic heterocycles. The second-order valence-electron chi connectivity index (χ2n) is 5.97. The molecule has 0 saturated carbocycles. The Bertz CT molecular complexity index is 634. The zero-order valence-electron chi connectivity index (χ0n) is 14.6. The van der Waals surface area contributed by atoms with E-state index in [4.69, 9.17) is 0 Å². The molecular weight excluding hydrogens is 392 g/mol. The summed E-state index contributed by atoms with van der Waals surface area (Å²) in [5.74, 6) is 0.154. The summed E-state index contributed by atoms with van der Waals surface area (Å²) in [6, 6.07) is 6.91. The fourth-order valence-electron chi connectivity index (χ4n) is 2.42. The molecule has 0 unspecified atom stereocenters. The van der Waals surface area contributed by atoms with Crippen LogP contribution in [0.15, 0.2) is 28.7 Å². The predicted molar refractivity (Wildman–Crippen MR) is 103 cm³/mol. The fraction of sp³-hybridized carbons (Fsp3) is 0.588. The van der Waals surface area contributed by atoms with Crippen molar-refractivity contribution in [2.75, 3.05) is 23.7 Å². The van der Waals surface area contributed by atoms with Crippen LogP contribution in [0, 0.1) is 5.92 Å². The molecule has 0 heterocycles. The third-order valence-corrected chi connectivity index (χ3v) is 5.55. The Labute approximate surface area is 154 Å². The molecule has 24 heavy (non-hydrogen) atoms. The molecule has 1 aromatic rings. The number of benzene rings is 1. The van der Waals surface area contributed by atoms with Crippen molar-refractivity contribution >= 4 is 37.5 Å². The van der Waals surface area contributed by atoms with Crippen molar-refractivity contribution in [2.24, 2.45) is 5.92 Å². The highest BCUT2D eigenvalue weighted by atomic mass is 79.9. The fourth-order valence-corrected chi connectivity index (χ4v) is 3.65. The number of carbonyl (C=O) groups is 1. The van der Waals surface area contributed by atoms with Crippen molar-refractivity contribution in [3.05, 3.63) is 28.7 Å². The van der Waals surface area contributed by atoms with E-state index in [1.807, 2.05) is 6.07 Å². The van der Waals surface area contributed by atoms with Gasteiger partial charge in [0.25, 0.3) is 0 Å². The molecule has 0 bridgehead atoms. The number of amides is 1. The third kappa shape index (κ3) is 7.21. The van der Waals surface area contributed by atoms with Crippen molar-refractivity contribution in [3.8, 4) is 0 Å². The lowest BCUT2D eigenvalue weighted by Gasteiger charge is -2.23. The molecule has 1 N–H and O–H groups in total. The van der Waals surface area contributed by atoms with Gasteiger partial charge in [-0.2, -0.15) is 0 Å². The summed E-state index contributed by atoms with van der Waals surface area (Å²) in [6.07, 6.45) is 5.46. The van der Waals surface area contributed by atoms with Gasteiger partial charge >= 0.3 is 0 Å². The van der Waals surface area contributed by atoms with E-state index in [1.165, 1.54) is 0 Å².